The van der Waals surface area contributed by atoms with Crippen molar-refractivity contribution < 1.29 is 19.2 Å². The highest BCUT2D eigenvalue weighted by Gasteiger charge is 2.34. The van der Waals surface area contributed by atoms with Gasteiger partial charge in [-0.3, -0.25) is 19.2 Å². The summed E-state index contributed by atoms with van der Waals surface area (Å²) in [5.41, 5.74) is 3.21. The molecular formula is C28H14BrNO4. The number of halogens is 1. The Hall–Kier alpha value is -4.16. The van der Waals surface area contributed by atoms with Crippen LogP contribution in [0.4, 0.5) is 11.4 Å². The van der Waals surface area contributed by atoms with Crippen molar-refractivity contribution >= 4 is 50.4 Å². The summed E-state index contributed by atoms with van der Waals surface area (Å²) in [6, 6.07) is 21.7. The molecule has 0 bridgehead atoms. The predicted molar refractivity (Wildman–Crippen MR) is 130 cm³/mol. The van der Waals surface area contributed by atoms with Crippen LogP contribution in [-0.2, 0) is 0 Å². The minimum absolute atomic E-state index is 0.227. The molecule has 2 aliphatic rings. The molecule has 34 heavy (non-hydrogen) atoms. The Bertz CT molecular complexity index is 1620. The Balaban J connectivity index is 1.53. The third-order valence-corrected chi connectivity index (χ3v) is 6.92. The summed E-state index contributed by atoms with van der Waals surface area (Å²) < 4.78 is 0.555. The van der Waals surface area contributed by atoms with Gasteiger partial charge in [0, 0.05) is 37.9 Å². The van der Waals surface area contributed by atoms with Crippen LogP contribution in [0.1, 0.15) is 63.7 Å². The maximum Gasteiger partial charge on any atom is 0.196 e. The average molecular weight is 508 g/mol. The maximum atomic E-state index is 13.5. The zero-order valence-corrected chi connectivity index (χ0v) is 19.1. The van der Waals surface area contributed by atoms with Crippen LogP contribution in [0.15, 0.2) is 83.3 Å². The fourth-order valence-electron chi connectivity index (χ4n) is 4.67. The fourth-order valence-corrected chi connectivity index (χ4v) is 5.10. The molecule has 2 aliphatic carbocycles. The Kier molecular flexibility index (Phi) is 4.47. The maximum absolute atomic E-state index is 13.5. The smallest absolute Gasteiger partial charge is 0.196 e. The number of fused-ring (bicyclic) bond motifs is 4. The summed E-state index contributed by atoms with van der Waals surface area (Å²) in [5.74, 6) is -1.03. The predicted octanol–water partition coefficient (Wildman–Crippen LogP) is 5.74. The van der Waals surface area contributed by atoms with Crippen LogP contribution in [0.3, 0.4) is 0 Å². The molecule has 0 spiro atoms. The number of carbonyl (C=O) groups excluding carboxylic acids is 4. The van der Waals surface area contributed by atoms with Gasteiger partial charge in [-0.15, -0.1) is 0 Å². The molecule has 0 saturated heterocycles. The lowest BCUT2D eigenvalue weighted by atomic mass is 9.82. The molecule has 4 aromatic carbocycles. The molecule has 1 N–H and O–H groups in total. The van der Waals surface area contributed by atoms with Gasteiger partial charge in [-0.05, 0) is 34.1 Å². The first-order chi connectivity index (χ1) is 16.5. The highest BCUT2D eigenvalue weighted by atomic mass is 79.9. The van der Waals surface area contributed by atoms with Gasteiger partial charge in [-0.2, -0.15) is 0 Å². The normalized spacial score (nSPS) is 13.7. The van der Waals surface area contributed by atoms with Crippen LogP contribution in [0, 0.1) is 0 Å². The van der Waals surface area contributed by atoms with Crippen molar-refractivity contribution in [3.8, 4) is 0 Å². The fraction of sp³-hybridized carbons (Fsp3) is 0. The molecule has 4 aromatic rings. The number of rotatable bonds is 2. The van der Waals surface area contributed by atoms with E-state index in [1.54, 1.807) is 78.9 Å². The molecule has 162 valence electrons. The van der Waals surface area contributed by atoms with Gasteiger partial charge in [0.25, 0.3) is 0 Å². The van der Waals surface area contributed by atoms with E-state index >= 15 is 0 Å². The number of ketones is 4. The van der Waals surface area contributed by atoms with Crippen LogP contribution >= 0.6 is 15.9 Å². The van der Waals surface area contributed by atoms with E-state index in [1.807, 2.05) is 0 Å². The summed E-state index contributed by atoms with van der Waals surface area (Å²) in [7, 11) is 0. The molecule has 0 amide bonds. The zero-order chi connectivity index (χ0) is 23.6. The van der Waals surface area contributed by atoms with Crippen molar-refractivity contribution in [1.82, 2.24) is 0 Å². The second-order valence-electron chi connectivity index (χ2n) is 8.11. The van der Waals surface area contributed by atoms with E-state index in [0.29, 0.717) is 43.7 Å². The second kappa shape index (κ2) is 7.43. The number of nitrogens with one attached hydrogen (secondary N) is 1. The van der Waals surface area contributed by atoms with Gasteiger partial charge in [0.05, 0.1) is 22.5 Å². The molecule has 5 nitrogen and oxygen atoms in total. The van der Waals surface area contributed by atoms with Crippen molar-refractivity contribution in [2.45, 2.75) is 0 Å². The summed E-state index contributed by atoms with van der Waals surface area (Å²) in [5, 5.41) is 3.20. The summed E-state index contributed by atoms with van der Waals surface area (Å²) >= 11 is 3.49. The summed E-state index contributed by atoms with van der Waals surface area (Å²) in [6.07, 6.45) is 0. The molecule has 0 fully saturated rings. The number of benzene rings is 4. The third-order valence-electron chi connectivity index (χ3n) is 6.25. The molecule has 0 heterocycles. The van der Waals surface area contributed by atoms with Crippen LogP contribution in [-0.4, -0.2) is 23.1 Å². The van der Waals surface area contributed by atoms with Crippen molar-refractivity contribution in [3.05, 3.63) is 128 Å². The molecule has 0 atom stereocenters. The molecule has 0 aromatic heterocycles. The number of hydrogen-bond acceptors (Lipinski definition) is 5. The molecule has 6 heteroatoms. The van der Waals surface area contributed by atoms with Gasteiger partial charge in [0.1, 0.15) is 0 Å². The topological polar surface area (TPSA) is 80.3 Å². The number of hydrogen-bond donors (Lipinski definition) is 1. The van der Waals surface area contributed by atoms with E-state index in [-0.39, 0.29) is 39.8 Å². The van der Waals surface area contributed by atoms with Gasteiger partial charge in [-0.25, -0.2) is 0 Å². The zero-order valence-electron chi connectivity index (χ0n) is 17.5. The Morgan fingerprint density at radius 2 is 0.941 bits per heavy atom. The Morgan fingerprint density at radius 1 is 0.471 bits per heavy atom. The lowest BCUT2D eigenvalue weighted by Gasteiger charge is -2.24. The van der Waals surface area contributed by atoms with E-state index in [1.165, 1.54) is 0 Å². The molecule has 0 radical (unpaired) electrons. The first kappa shape index (κ1) is 20.4. The van der Waals surface area contributed by atoms with Gasteiger partial charge < -0.3 is 5.32 Å². The van der Waals surface area contributed by atoms with E-state index < -0.39 is 0 Å². The average Bonchev–Trinajstić information content (AvgIpc) is 2.87. The molecule has 0 unspecified atom stereocenters. The second-order valence-corrected chi connectivity index (χ2v) is 8.96. The van der Waals surface area contributed by atoms with Crippen LogP contribution in [0.5, 0.6) is 0 Å². The minimum Gasteiger partial charge on any atom is -0.353 e. The lowest BCUT2D eigenvalue weighted by Crippen LogP contribution is -2.24. The standard InChI is InChI=1S/C28H14BrNO4/c29-20-13-12-19-23(28(34)17-9-4-2-7-15(17)26(19)32)24(20)30-21-11-5-10-18-22(21)27(33)16-8-3-1-6-14(16)25(18)31/h1-13,30H. The van der Waals surface area contributed by atoms with Crippen LogP contribution < -0.4 is 5.32 Å². The van der Waals surface area contributed by atoms with Crippen molar-refractivity contribution in [3.63, 3.8) is 0 Å². The first-order valence-electron chi connectivity index (χ1n) is 10.6. The molecular weight excluding hydrogens is 494 g/mol. The largest absolute Gasteiger partial charge is 0.353 e. The Morgan fingerprint density at radius 3 is 1.53 bits per heavy atom. The van der Waals surface area contributed by atoms with Crippen molar-refractivity contribution in [1.29, 1.82) is 0 Å². The Labute approximate surface area is 202 Å². The van der Waals surface area contributed by atoms with Crippen molar-refractivity contribution in [2.75, 3.05) is 5.32 Å². The van der Waals surface area contributed by atoms with E-state index in [4.69, 9.17) is 0 Å². The quantitative estimate of drug-likeness (QED) is 0.323. The molecule has 0 saturated carbocycles. The molecule has 0 aliphatic heterocycles. The van der Waals surface area contributed by atoms with Gasteiger partial charge in [0.15, 0.2) is 23.1 Å². The monoisotopic (exact) mass is 507 g/mol. The van der Waals surface area contributed by atoms with Crippen LogP contribution in [0.25, 0.3) is 0 Å². The van der Waals surface area contributed by atoms with E-state index in [0.717, 1.165) is 0 Å². The third kappa shape index (κ3) is 2.79. The van der Waals surface area contributed by atoms with E-state index in [9.17, 15) is 19.2 Å². The summed E-state index contributed by atoms with van der Waals surface area (Å²) in [4.78, 5) is 53.1. The van der Waals surface area contributed by atoms with Gasteiger partial charge >= 0.3 is 0 Å². The highest BCUT2D eigenvalue weighted by molar-refractivity contribution is 9.10. The van der Waals surface area contributed by atoms with E-state index in [2.05, 4.69) is 21.2 Å². The van der Waals surface area contributed by atoms with Crippen molar-refractivity contribution in [2.24, 2.45) is 0 Å². The minimum atomic E-state index is -0.286. The highest BCUT2D eigenvalue weighted by Crippen LogP contribution is 2.40. The lowest BCUT2D eigenvalue weighted by molar-refractivity contribution is 0.0979. The first-order valence-corrected chi connectivity index (χ1v) is 11.4. The number of anilines is 2. The number of carbonyl (C=O) groups is 4. The molecule has 6 rings (SSSR count). The van der Waals surface area contributed by atoms with Gasteiger partial charge in [0.2, 0.25) is 0 Å². The van der Waals surface area contributed by atoms with Gasteiger partial charge in [-0.1, -0.05) is 60.7 Å². The summed E-state index contributed by atoms with van der Waals surface area (Å²) in [6.45, 7) is 0. The van der Waals surface area contributed by atoms with Crippen LogP contribution in [0.2, 0.25) is 0 Å². The SMILES string of the molecule is O=C1c2ccccc2C(=O)c2c(Nc3c(Br)ccc4c3C(=O)c3ccccc3C4=O)cccc21.